The fraction of sp³-hybridized carbons (Fsp3) is 0. The summed E-state index contributed by atoms with van der Waals surface area (Å²) in [5.74, 6) is 0. The van der Waals surface area contributed by atoms with E-state index in [-0.39, 0.29) is 0 Å². The summed E-state index contributed by atoms with van der Waals surface area (Å²) in [6.45, 7) is 0. The first kappa shape index (κ1) is 26.3. The quantitative estimate of drug-likeness (QED) is 0.111. The number of hydrogen-bond donors (Lipinski definition) is 0. The van der Waals surface area contributed by atoms with E-state index < -0.39 is 8.80 Å². The average Bonchev–Trinajstić information content (AvgIpc) is 3.70. The van der Waals surface area contributed by atoms with E-state index in [0.717, 1.165) is 33.3 Å². The predicted octanol–water partition coefficient (Wildman–Crippen LogP) is 8.41. The van der Waals surface area contributed by atoms with Crippen molar-refractivity contribution in [1.82, 2.24) is 14.0 Å². The minimum Gasteiger partial charge on any atom is -0.307 e. The van der Waals surface area contributed by atoms with Crippen LogP contribution in [0.25, 0.3) is 65.8 Å². The first-order valence-electron chi connectivity index (χ1n) is 16.1. The number of nitrogens with zero attached hydrogens (tertiary/aromatic N) is 3. The molecule has 4 heteroatoms. The van der Waals surface area contributed by atoms with E-state index in [9.17, 15) is 0 Å². The lowest BCUT2D eigenvalue weighted by Gasteiger charge is -2.18. The van der Waals surface area contributed by atoms with Gasteiger partial charge >= 0.3 is 0 Å². The second-order valence-corrected chi connectivity index (χ2v) is 14.7. The van der Waals surface area contributed by atoms with E-state index in [0.29, 0.717) is 0 Å². The highest BCUT2D eigenvalue weighted by Crippen LogP contribution is 2.39. The van der Waals surface area contributed by atoms with Crippen molar-refractivity contribution in [3.05, 3.63) is 170 Å². The molecule has 0 saturated heterocycles. The van der Waals surface area contributed by atoms with Crippen LogP contribution in [0.5, 0.6) is 0 Å². The van der Waals surface area contributed by atoms with E-state index in [2.05, 4.69) is 179 Å². The van der Waals surface area contributed by atoms with Gasteiger partial charge in [0.1, 0.15) is 11.2 Å². The summed E-state index contributed by atoms with van der Waals surface area (Å²) in [4.78, 5) is 5.50. The third-order valence-corrected chi connectivity index (χ3v) is 12.3. The number of benzene rings is 7. The number of rotatable bonds is 4. The van der Waals surface area contributed by atoms with Crippen LogP contribution in [-0.2, 0) is 0 Å². The lowest BCUT2D eigenvalue weighted by Crippen LogP contribution is -2.51. The lowest BCUT2D eigenvalue weighted by atomic mass is 10.1. The van der Waals surface area contributed by atoms with Crippen molar-refractivity contribution >= 4 is 84.5 Å². The van der Waals surface area contributed by atoms with Crippen molar-refractivity contribution in [2.24, 2.45) is 0 Å². The van der Waals surface area contributed by atoms with Gasteiger partial charge in [-0.25, -0.2) is 4.98 Å². The Bertz CT molecular complexity index is 2760. The maximum Gasteiger partial charge on any atom is 0.154 e. The number of aromatic nitrogens is 3. The molecule has 7 aromatic carbocycles. The van der Waals surface area contributed by atoms with Gasteiger partial charge in [0.2, 0.25) is 0 Å². The monoisotopic (exact) mass is 614 g/mol. The van der Waals surface area contributed by atoms with Gasteiger partial charge in [-0.3, -0.25) is 4.40 Å². The Kier molecular flexibility index (Phi) is 5.74. The maximum absolute atomic E-state index is 5.50. The molecule has 0 aliphatic carbocycles. The highest BCUT2D eigenvalue weighted by molar-refractivity contribution is 6.95. The van der Waals surface area contributed by atoms with Gasteiger partial charge in [-0.2, -0.15) is 0 Å². The van der Waals surface area contributed by atoms with Crippen molar-refractivity contribution < 1.29 is 0 Å². The van der Waals surface area contributed by atoms with Gasteiger partial charge in [-0.1, -0.05) is 144 Å². The summed E-state index contributed by atoms with van der Waals surface area (Å²) in [6.07, 6.45) is 0. The second-order valence-electron chi connectivity index (χ2n) is 12.2. The maximum atomic E-state index is 5.50. The molecular formula is C43H28N3Si. The van der Waals surface area contributed by atoms with Crippen LogP contribution in [0.4, 0.5) is 0 Å². The molecule has 0 saturated carbocycles. The first-order chi connectivity index (χ1) is 23.3. The molecule has 0 aliphatic rings. The van der Waals surface area contributed by atoms with E-state index in [4.69, 9.17) is 4.98 Å². The minimum atomic E-state index is -1.24. The Hall–Kier alpha value is -5.97. The fourth-order valence-electron chi connectivity index (χ4n) is 7.60. The van der Waals surface area contributed by atoms with Gasteiger partial charge in [0, 0.05) is 27.2 Å². The molecule has 0 N–H and O–H groups in total. The smallest absolute Gasteiger partial charge is 0.154 e. The standard InChI is InChI=1S/C43H28N3Si/c1-3-15-30(16-4-1)47(31-17-5-2-6-18-31)32-19-13-14-29(28-32)45-38-24-11-10-22-35(38)36-26-27-40-41(42(36)45)44-43-37-23-8-7-20-33(37)34-21-9-12-25-39(34)46(40)43/h1-28H. The Morgan fingerprint density at radius 2 is 0.979 bits per heavy atom. The van der Waals surface area contributed by atoms with E-state index in [1.54, 1.807) is 0 Å². The molecular weight excluding hydrogens is 587 g/mol. The third kappa shape index (κ3) is 3.89. The van der Waals surface area contributed by atoms with Crippen molar-refractivity contribution in [3.8, 4) is 5.69 Å². The molecule has 10 aromatic rings. The minimum absolute atomic E-state index is 0.992. The van der Waals surface area contributed by atoms with Gasteiger partial charge in [-0.15, -0.1) is 0 Å². The molecule has 1 radical (unpaired) electrons. The van der Waals surface area contributed by atoms with Gasteiger partial charge in [0.15, 0.2) is 8.80 Å². The first-order valence-corrected chi connectivity index (χ1v) is 17.6. The highest BCUT2D eigenvalue weighted by Gasteiger charge is 2.23. The summed E-state index contributed by atoms with van der Waals surface area (Å²) in [6, 6.07) is 61.9. The van der Waals surface area contributed by atoms with Crippen molar-refractivity contribution in [2.45, 2.75) is 0 Å². The highest BCUT2D eigenvalue weighted by atomic mass is 28.3. The summed E-state index contributed by atoms with van der Waals surface area (Å²) in [7, 11) is -1.24. The van der Waals surface area contributed by atoms with Crippen molar-refractivity contribution in [1.29, 1.82) is 0 Å². The second kappa shape index (κ2) is 10.3. The van der Waals surface area contributed by atoms with Gasteiger partial charge in [0.05, 0.1) is 22.1 Å². The summed E-state index contributed by atoms with van der Waals surface area (Å²) >= 11 is 0. The van der Waals surface area contributed by atoms with E-state index in [1.165, 1.54) is 48.1 Å². The molecule has 219 valence electrons. The predicted molar refractivity (Wildman–Crippen MR) is 200 cm³/mol. The molecule has 0 aliphatic heterocycles. The average molecular weight is 615 g/mol. The summed E-state index contributed by atoms with van der Waals surface area (Å²) < 4.78 is 4.81. The van der Waals surface area contributed by atoms with Crippen LogP contribution in [0.1, 0.15) is 0 Å². The van der Waals surface area contributed by atoms with Crippen LogP contribution in [0, 0.1) is 0 Å². The Balaban J connectivity index is 1.31. The molecule has 0 atom stereocenters. The Morgan fingerprint density at radius 3 is 1.70 bits per heavy atom. The molecule has 47 heavy (non-hydrogen) atoms. The molecule has 3 aromatic heterocycles. The Morgan fingerprint density at radius 1 is 0.404 bits per heavy atom. The summed E-state index contributed by atoms with van der Waals surface area (Å²) in [5, 5.41) is 10.2. The lowest BCUT2D eigenvalue weighted by molar-refractivity contribution is 1.19. The molecule has 0 fully saturated rings. The fourth-order valence-corrected chi connectivity index (χ4v) is 10.2. The molecule has 0 amide bonds. The topological polar surface area (TPSA) is 22.2 Å². The molecule has 0 unspecified atom stereocenters. The number of pyridine rings is 1. The van der Waals surface area contributed by atoms with Crippen LogP contribution >= 0.6 is 0 Å². The van der Waals surface area contributed by atoms with Crippen LogP contribution in [0.2, 0.25) is 0 Å². The Labute approximate surface area is 273 Å². The molecule has 0 bridgehead atoms. The van der Waals surface area contributed by atoms with Gasteiger partial charge in [-0.05, 0) is 47.0 Å². The molecule has 10 rings (SSSR count). The molecule has 3 nitrogen and oxygen atoms in total. The molecule has 3 heterocycles. The van der Waals surface area contributed by atoms with E-state index in [1.807, 2.05) is 0 Å². The zero-order chi connectivity index (χ0) is 30.9. The van der Waals surface area contributed by atoms with Crippen LogP contribution in [0.3, 0.4) is 0 Å². The number of fused-ring (bicyclic) bond motifs is 12. The number of hydrogen-bond acceptors (Lipinski definition) is 1. The van der Waals surface area contributed by atoms with Gasteiger partial charge < -0.3 is 4.57 Å². The zero-order valence-electron chi connectivity index (χ0n) is 25.5. The van der Waals surface area contributed by atoms with Crippen LogP contribution in [0.15, 0.2) is 170 Å². The largest absolute Gasteiger partial charge is 0.307 e. The van der Waals surface area contributed by atoms with Crippen LogP contribution in [-0.4, -0.2) is 22.7 Å². The number of para-hydroxylation sites is 2. The van der Waals surface area contributed by atoms with Crippen molar-refractivity contribution in [2.75, 3.05) is 0 Å². The summed E-state index contributed by atoms with van der Waals surface area (Å²) in [5.41, 5.74) is 7.78. The van der Waals surface area contributed by atoms with E-state index >= 15 is 0 Å². The zero-order valence-corrected chi connectivity index (χ0v) is 26.5. The molecule has 0 spiro atoms. The van der Waals surface area contributed by atoms with Crippen molar-refractivity contribution in [3.63, 3.8) is 0 Å². The third-order valence-electron chi connectivity index (χ3n) is 9.58. The SMILES string of the molecule is c1ccc([Si](c2ccccc2)c2cccc(-n3c4ccccc4c4ccc5c(nc6c7ccccc7c7ccccc7n56)c43)c2)cc1. The van der Waals surface area contributed by atoms with Crippen LogP contribution < -0.4 is 15.6 Å². The number of imidazole rings is 1. The van der Waals surface area contributed by atoms with Gasteiger partial charge in [0.25, 0.3) is 0 Å². The normalized spacial score (nSPS) is 12.0.